The van der Waals surface area contributed by atoms with Crippen LogP contribution >= 0.6 is 0 Å². The Morgan fingerprint density at radius 1 is 1.00 bits per heavy atom. The highest BCUT2D eigenvalue weighted by Crippen LogP contribution is 2.31. The van der Waals surface area contributed by atoms with Crippen LogP contribution < -0.4 is 5.56 Å². The average molecular weight is 433 g/mol. The summed E-state index contributed by atoms with van der Waals surface area (Å²) in [6, 6.07) is 11.6. The van der Waals surface area contributed by atoms with Gasteiger partial charge in [-0.3, -0.25) is 14.4 Å². The van der Waals surface area contributed by atoms with Crippen molar-refractivity contribution in [2.75, 3.05) is 26.2 Å². The molecule has 0 bridgehead atoms. The van der Waals surface area contributed by atoms with Crippen molar-refractivity contribution < 1.29 is 14.0 Å². The summed E-state index contributed by atoms with van der Waals surface area (Å²) in [6.07, 6.45) is 2.26. The number of benzene rings is 2. The number of carbonyl (C=O) groups is 2. The molecule has 0 radical (unpaired) electrons. The van der Waals surface area contributed by atoms with Gasteiger partial charge in [0.05, 0.1) is 16.6 Å². The van der Waals surface area contributed by atoms with Gasteiger partial charge in [-0.25, -0.2) is 9.49 Å². The van der Waals surface area contributed by atoms with E-state index in [1.54, 1.807) is 34.1 Å². The Labute approximate surface area is 183 Å². The van der Waals surface area contributed by atoms with Gasteiger partial charge in [0, 0.05) is 43.9 Å². The molecular formula is C24H23FN4O3. The maximum absolute atomic E-state index is 14.6. The number of hydrogen-bond donors (Lipinski definition) is 1. The molecule has 2 aliphatic rings. The highest BCUT2D eigenvalue weighted by molar-refractivity contribution is 5.95. The molecule has 0 atom stereocenters. The van der Waals surface area contributed by atoms with E-state index in [1.807, 2.05) is 12.1 Å². The summed E-state index contributed by atoms with van der Waals surface area (Å²) >= 11 is 0. The molecule has 32 heavy (non-hydrogen) atoms. The van der Waals surface area contributed by atoms with Crippen LogP contribution in [0.3, 0.4) is 0 Å². The van der Waals surface area contributed by atoms with Crippen LogP contribution in [0.25, 0.3) is 10.8 Å². The van der Waals surface area contributed by atoms with Gasteiger partial charge >= 0.3 is 0 Å². The Bertz CT molecular complexity index is 1260. The first kappa shape index (κ1) is 20.4. The molecule has 2 fully saturated rings. The lowest BCUT2D eigenvalue weighted by Crippen LogP contribution is -2.51. The lowest BCUT2D eigenvalue weighted by atomic mass is 10.0. The van der Waals surface area contributed by atoms with Gasteiger partial charge < -0.3 is 9.80 Å². The Morgan fingerprint density at radius 2 is 1.69 bits per heavy atom. The third-order valence-electron chi connectivity index (χ3n) is 6.21. The van der Waals surface area contributed by atoms with Gasteiger partial charge in [0.15, 0.2) is 0 Å². The molecule has 7 nitrogen and oxygen atoms in total. The fourth-order valence-electron chi connectivity index (χ4n) is 4.23. The van der Waals surface area contributed by atoms with E-state index in [0.717, 1.165) is 23.8 Å². The maximum Gasteiger partial charge on any atom is 0.272 e. The third kappa shape index (κ3) is 3.88. The van der Waals surface area contributed by atoms with E-state index in [1.165, 1.54) is 6.07 Å². The first-order valence-electron chi connectivity index (χ1n) is 10.8. The molecule has 0 spiro atoms. The van der Waals surface area contributed by atoms with Crippen molar-refractivity contribution in [1.82, 2.24) is 20.0 Å². The lowest BCUT2D eigenvalue weighted by molar-refractivity contribution is -0.134. The number of halogens is 1. The summed E-state index contributed by atoms with van der Waals surface area (Å²) in [5.74, 6) is -0.619. The summed E-state index contributed by atoms with van der Waals surface area (Å²) in [7, 11) is 0. The molecule has 0 unspecified atom stereocenters. The Morgan fingerprint density at radius 3 is 2.41 bits per heavy atom. The molecule has 1 saturated carbocycles. The van der Waals surface area contributed by atoms with Gasteiger partial charge in [-0.2, -0.15) is 5.10 Å². The highest BCUT2D eigenvalue weighted by Gasteiger charge is 2.35. The number of rotatable bonds is 4. The van der Waals surface area contributed by atoms with Gasteiger partial charge in [-0.05, 0) is 36.6 Å². The molecule has 8 heteroatoms. The molecule has 1 saturated heterocycles. The van der Waals surface area contributed by atoms with E-state index in [0.29, 0.717) is 43.7 Å². The minimum Gasteiger partial charge on any atom is -0.339 e. The minimum absolute atomic E-state index is 0.0122. The molecule has 2 aromatic carbocycles. The Kier molecular flexibility index (Phi) is 5.20. The summed E-state index contributed by atoms with van der Waals surface area (Å²) in [5.41, 5.74) is 1.12. The third-order valence-corrected chi connectivity index (χ3v) is 6.21. The van der Waals surface area contributed by atoms with Crippen molar-refractivity contribution in [2.24, 2.45) is 5.92 Å². The van der Waals surface area contributed by atoms with Crippen LogP contribution in [0, 0.1) is 11.7 Å². The van der Waals surface area contributed by atoms with Crippen molar-refractivity contribution in [3.05, 3.63) is 75.5 Å². The van der Waals surface area contributed by atoms with Crippen LogP contribution in [-0.4, -0.2) is 58.0 Å². The molecular weight excluding hydrogens is 410 g/mol. The molecule has 2 amide bonds. The molecule has 1 N–H and O–H groups in total. The van der Waals surface area contributed by atoms with Crippen molar-refractivity contribution in [2.45, 2.75) is 19.3 Å². The zero-order valence-corrected chi connectivity index (χ0v) is 17.5. The summed E-state index contributed by atoms with van der Waals surface area (Å²) in [4.78, 5) is 40.7. The fourth-order valence-corrected chi connectivity index (χ4v) is 4.23. The quantitative estimate of drug-likeness (QED) is 0.684. The standard InChI is InChI=1S/C24H23FN4O3/c25-20-8-5-15(14-21-17-3-1-2-4-18(17)22(30)27-26-21)13-19(20)24(32)29-11-9-28(10-12-29)23(31)16-6-7-16/h1-5,8,13,16H,6-7,9-12,14H2,(H,27,30)/i25-1. The Balaban J connectivity index is 1.34. The van der Waals surface area contributed by atoms with Crippen LogP contribution in [0.1, 0.15) is 34.5 Å². The van der Waals surface area contributed by atoms with Crippen molar-refractivity contribution in [3.63, 3.8) is 0 Å². The molecule has 1 aliphatic carbocycles. The van der Waals surface area contributed by atoms with Crippen molar-refractivity contribution in [1.29, 1.82) is 0 Å². The van der Waals surface area contributed by atoms with Gasteiger partial charge in [0.25, 0.3) is 11.5 Å². The van der Waals surface area contributed by atoms with Crippen LogP contribution in [0.5, 0.6) is 0 Å². The number of amides is 2. The minimum atomic E-state index is -0.575. The monoisotopic (exact) mass is 433 g/mol. The zero-order valence-electron chi connectivity index (χ0n) is 17.5. The first-order valence-corrected chi connectivity index (χ1v) is 10.8. The number of fused-ring (bicyclic) bond motifs is 1. The number of carbonyl (C=O) groups excluding carboxylic acids is 2. The molecule has 2 heterocycles. The molecule has 1 aliphatic heterocycles. The fraction of sp³-hybridized carbons (Fsp3) is 0.333. The van der Waals surface area contributed by atoms with E-state index in [9.17, 15) is 18.8 Å². The lowest BCUT2D eigenvalue weighted by Gasteiger charge is -2.35. The zero-order chi connectivity index (χ0) is 22.2. The van der Waals surface area contributed by atoms with E-state index in [-0.39, 0.29) is 28.9 Å². The summed E-state index contributed by atoms with van der Waals surface area (Å²) in [5, 5.41) is 7.93. The smallest absolute Gasteiger partial charge is 0.272 e. The molecule has 164 valence electrons. The number of nitrogens with one attached hydrogen (secondary N) is 1. The van der Waals surface area contributed by atoms with Crippen molar-refractivity contribution in [3.8, 4) is 0 Å². The van der Waals surface area contributed by atoms with E-state index in [4.69, 9.17) is 0 Å². The second-order valence-corrected chi connectivity index (χ2v) is 8.43. The molecule has 3 aromatic rings. The van der Waals surface area contributed by atoms with E-state index in [2.05, 4.69) is 10.2 Å². The average Bonchev–Trinajstić information content (AvgIpc) is 3.67. The number of aromatic nitrogens is 2. The second-order valence-electron chi connectivity index (χ2n) is 8.43. The number of aromatic amines is 1. The normalized spacial score (nSPS) is 16.4. The first-order chi connectivity index (χ1) is 15.5. The predicted octanol–water partition coefficient (Wildman–Crippen LogP) is 2.35. The summed E-state index contributed by atoms with van der Waals surface area (Å²) in [6.45, 7) is 1.76. The van der Waals surface area contributed by atoms with Gasteiger partial charge in [0.1, 0.15) is 5.82 Å². The Hall–Kier alpha value is -3.55. The number of piperazine rings is 1. The van der Waals surface area contributed by atoms with Crippen LogP contribution in [-0.2, 0) is 11.2 Å². The topological polar surface area (TPSA) is 86.4 Å². The van der Waals surface area contributed by atoms with Crippen LogP contribution in [0.2, 0.25) is 0 Å². The predicted molar refractivity (Wildman–Crippen MR) is 117 cm³/mol. The van der Waals surface area contributed by atoms with Crippen LogP contribution in [0.15, 0.2) is 47.3 Å². The van der Waals surface area contributed by atoms with E-state index < -0.39 is 5.82 Å². The molecule has 1 aromatic heterocycles. The number of nitrogens with zero attached hydrogens (tertiary/aromatic N) is 3. The number of H-pyrrole nitrogens is 1. The van der Waals surface area contributed by atoms with Gasteiger partial charge in [0.2, 0.25) is 5.91 Å². The molecule has 5 rings (SSSR count). The van der Waals surface area contributed by atoms with Crippen LogP contribution in [0.4, 0.5) is 4.39 Å². The maximum atomic E-state index is 14.6. The van der Waals surface area contributed by atoms with Gasteiger partial charge in [-0.1, -0.05) is 24.3 Å². The highest BCUT2D eigenvalue weighted by atomic mass is 18.2. The summed E-state index contributed by atoms with van der Waals surface area (Å²) < 4.78 is 14.6. The largest absolute Gasteiger partial charge is 0.339 e. The van der Waals surface area contributed by atoms with E-state index >= 15 is 0 Å². The number of hydrogen-bond acceptors (Lipinski definition) is 4. The second kappa shape index (κ2) is 8.18. The van der Waals surface area contributed by atoms with Gasteiger partial charge in [-0.15, -0.1) is 0 Å². The SMILES string of the molecule is O=C(c1cc(Cc2n[nH]c(=O)c3ccccc23)ccc1[18F])N1CCN(C(=O)C2CC2)CC1. The van der Waals surface area contributed by atoms with Crippen molar-refractivity contribution >= 4 is 22.6 Å².